The number of aryl methyl sites for hydroxylation is 1. The number of rotatable bonds is 4. The molecule has 1 aliphatic heterocycles. The van der Waals surface area contributed by atoms with Gasteiger partial charge in [0.05, 0.1) is 16.7 Å². The third-order valence-corrected chi connectivity index (χ3v) is 6.21. The molecule has 25 heavy (non-hydrogen) atoms. The smallest absolute Gasteiger partial charge is 0.127 e. The van der Waals surface area contributed by atoms with Crippen LogP contribution in [0.5, 0.6) is 0 Å². The molecule has 1 N–H and O–H groups in total. The number of imidazole rings is 1. The zero-order valence-electron chi connectivity index (χ0n) is 14.6. The van der Waals surface area contributed by atoms with Crippen molar-refractivity contribution in [1.82, 2.24) is 24.8 Å². The van der Waals surface area contributed by atoms with E-state index in [-0.39, 0.29) is 24.8 Å². The number of piperazine rings is 1. The molecule has 2 aromatic rings. The summed E-state index contributed by atoms with van der Waals surface area (Å²) in [5, 5.41) is 7.13. The van der Waals surface area contributed by atoms with Gasteiger partial charge in [0.25, 0.3) is 0 Å². The normalized spacial score (nSPS) is 21.7. The van der Waals surface area contributed by atoms with Crippen molar-refractivity contribution >= 4 is 36.2 Å². The summed E-state index contributed by atoms with van der Waals surface area (Å²) in [4.78, 5) is 12.0. The van der Waals surface area contributed by atoms with E-state index < -0.39 is 0 Å². The molecule has 0 aromatic carbocycles. The Balaban J connectivity index is 0.00000113. The van der Waals surface area contributed by atoms with Gasteiger partial charge < -0.3 is 9.88 Å². The summed E-state index contributed by atoms with van der Waals surface area (Å²) in [6, 6.07) is 0.334. The molecule has 0 bridgehead atoms. The van der Waals surface area contributed by atoms with Crippen LogP contribution in [0.3, 0.4) is 0 Å². The van der Waals surface area contributed by atoms with Crippen molar-refractivity contribution < 1.29 is 0 Å². The van der Waals surface area contributed by atoms with Crippen LogP contribution in [0.4, 0.5) is 0 Å². The molecule has 0 amide bonds. The van der Waals surface area contributed by atoms with Crippen LogP contribution >= 0.6 is 36.2 Å². The van der Waals surface area contributed by atoms with Crippen LogP contribution in [0.25, 0.3) is 0 Å². The highest BCUT2D eigenvalue weighted by atomic mass is 35.5. The second kappa shape index (κ2) is 9.33. The summed E-state index contributed by atoms with van der Waals surface area (Å²) in [6.45, 7) is 3.99. The van der Waals surface area contributed by atoms with Crippen LogP contribution in [0, 0.1) is 0 Å². The van der Waals surface area contributed by atoms with Crippen molar-refractivity contribution in [3.8, 4) is 0 Å². The van der Waals surface area contributed by atoms with E-state index >= 15 is 0 Å². The maximum atomic E-state index is 4.95. The van der Waals surface area contributed by atoms with E-state index in [2.05, 4.69) is 32.2 Å². The molecule has 2 aromatic heterocycles. The van der Waals surface area contributed by atoms with Crippen LogP contribution in [-0.2, 0) is 13.6 Å². The second-order valence-electron chi connectivity index (χ2n) is 6.75. The van der Waals surface area contributed by atoms with Gasteiger partial charge in [0.15, 0.2) is 0 Å². The Morgan fingerprint density at radius 1 is 1.28 bits per heavy atom. The molecule has 140 valence electrons. The Hall–Kier alpha value is -0.660. The quantitative estimate of drug-likeness (QED) is 0.847. The number of nitrogens with zero attached hydrogens (tertiary/aromatic N) is 4. The Bertz CT molecular complexity index is 653. The SMILES string of the molecule is Cl.Cl.Cn1ccnc1C1CNCCN1Cc1csc(C2CCCC2)n1. The average molecular weight is 404 g/mol. The van der Waals surface area contributed by atoms with Crippen molar-refractivity contribution in [2.45, 2.75) is 44.2 Å². The molecule has 1 saturated heterocycles. The third-order valence-electron chi connectivity index (χ3n) is 5.15. The number of hydrogen-bond donors (Lipinski definition) is 1. The third kappa shape index (κ3) is 4.55. The molecule has 2 fully saturated rings. The molecule has 3 heterocycles. The first-order valence-corrected chi connectivity index (χ1v) is 9.55. The summed E-state index contributed by atoms with van der Waals surface area (Å²) in [6.07, 6.45) is 9.33. The summed E-state index contributed by atoms with van der Waals surface area (Å²) in [5.41, 5.74) is 1.23. The van der Waals surface area contributed by atoms with Gasteiger partial charge in [-0.3, -0.25) is 4.90 Å². The lowest BCUT2D eigenvalue weighted by Crippen LogP contribution is -2.46. The van der Waals surface area contributed by atoms with Crippen LogP contribution < -0.4 is 5.32 Å². The minimum absolute atomic E-state index is 0. The maximum absolute atomic E-state index is 4.95. The fourth-order valence-electron chi connectivity index (χ4n) is 3.85. The molecular formula is C17H27Cl2N5S. The fourth-order valence-corrected chi connectivity index (χ4v) is 4.83. The van der Waals surface area contributed by atoms with E-state index in [0.29, 0.717) is 6.04 Å². The first kappa shape index (κ1) is 20.6. The molecule has 4 rings (SSSR count). The summed E-state index contributed by atoms with van der Waals surface area (Å²) in [5.74, 6) is 1.87. The van der Waals surface area contributed by atoms with Crippen LogP contribution in [0.15, 0.2) is 17.8 Å². The second-order valence-corrected chi connectivity index (χ2v) is 7.63. The molecule has 1 saturated carbocycles. The van der Waals surface area contributed by atoms with Gasteiger partial charge in [0, 0.05) is 56.9 Å². The van der Waals surface area contributed by atoms with E-state index in [1.807, 2.05) is 23.7 Å². The molecule has 0 spiro atoms. The number of aromatic nitrogens is 3. The highest BCUT2D eigenvalue weighted by Crippen LogP contribution is 2.36. The molecule has 8 heteroatoms. The Kier molecular flexibility index (Phi) is 7.70. The first-order chi connectivity index (χ1) is 11.3. The van der Waals surface area contributed by atoms with E-state index in [0.717, 1.165) is 37.9 Å². The van der Waals surface area contributed by atoms with Crippen LogP contribution in [0.2, 0.25) is 0 Å². The lowest BCUT2D eigenvalue weighted by molar-refractivity contribution is 0.143. The Labute approximate surface area is 166 Å². The molecule has 1 unspecified atom stereocenters. The number of halogens is 2. The molecular weight excluding hydrogens is 377 g/mol. The van der Waals surface area contributed by atoms with Gasteiger partial charge in [-0.1, -0.05) is 12.8 Å². The molecule has 2 aliphatic rings. The maximum Gasteiger partial charge on any atom is 0.127 e. The lowest BCUT2D eigenvalue weighted by Gasteiger charge is -2.35. The summed E-state index contributed by atoms with van der Waals surface area (Å²) < 4.78 is 2.13. The number of thiazole rings is 1. The van der Waals surface area contributed by atoms with Gasteiger partial charge in [-0.2, -0.15) is 0 Å². The van der Waals surface area contributed by atoms with Gasteiger partial charge in [-0.15, -0.1) is 36.2 Å². The number of hydrogen-bond acceptors (Lipinski definition) is 5. The minimum atomic E-state index is 0. The summed E-state index contributed by atoms with van der Waals surface area (Å²) in [7, 11) is 2.08. The van der Waals surface area contributed by atoms with E-state index in [4.69, 9.17) is 4.98 Å². The van der Waals surface area contributed by atoms with Gasteiger partial charge in [0.2, 0.25) is 0 Å². The van der Waals surface area contributed by atoms with Crippen LogP contribution in [0.1, 0.15) is 54.2 Å². The van der Waals surface area contributed by atoms with Gasteiger partial charge in [0.1, 0.15) is 5.82 Å². The Morgan fingerprint density at radius 2 is 2.08 bits per heavy atom. The van der Waals surface area contributed by atoms with E-state index in [1.165, 1.54) is 36.4 Å². The van der Waals surface area contributed by atoms with Crippen molar-refractivity contribution in [2.24, 2.45) is 7.05 Å². The zero-order chi connectivity index (χ0) is 15.6. The van der Waals surface area contributed by atoms with Gasteiger partial charge >= 0.3 is 0 Å². The van der Waals surface area contributed by atoms with Crippen molar-refractivity contribution in [2.75, 3.05) is 19.6 Å². The van der Waals surface area contributed by atoms with Crippen molar-refractivity contribution in [3.05, 3.63) is 34.3 Å². The average Bonchev–Trinajstić information content (AvgIpc) is 3.29. The van der Waals surface area contributed by atoms with Crippen molar-refractivity contribution in [3.63, 3.8) is 0 Å². The highest BCUT2D eigenvalue weighted by molar-refractivity contribution is 7.09. The lowest BCUT2D eigenvalue weighted by atomic mass is 10.1. The zero-order valence-corrected chi connectivity index (χ0v) is 17.0. The minimum Gasteiger partial charge on any atom is -0.337 e. The monoisotopic (exact) mass is 403 g/mol. The predicted molar refractivity (Wildman–Crippen MR) is 107 cm³/mol. The summed E-state index contributed by atoms with van der Waals surface area (Å²) >= 11 is 1.86. The largest absolute Gasteiger partial charge is 0.337 e. The highest BCUT2D eigenvalue weighted by Gasteiger charge is 2.28. The molecule has 0 radical (unpaired) electrons. The predicted octanol–water partition coefficient (Wildman–Crippen LogP) is 3.52. The molecule has 5 nitrogen and oxygen atoms in total. The van der Waals surface area contributed by atoms with E-state index in [1.54, 1.807) is 0 Å². The van der Waals surface area contributed by atoms with Gasteiger partial charge in [-0.25, -0.2) is 9.97 Å². The molecule has 1 aliphatic carbocycles. The van der Waals surface area contributed by atoms with Crippen LogP contribution in [-0.4, -0.2) is 39.1 Å². The first-order valence-electron chi connectivity index (χ1n) is 8.67. The fraction of sp³-hybridized carbons (Fsp3) is 0.647. The van der Waals surface area contributed by atoms with E-state index in [9.17, 15) is 0 Å². The Morgan fingerprint density at radius 3 is 2.80 bits per heavy atom. The van der Waals surface area contributed by atoms with Gasteiger partial charge in [-0.05, 0) is 12.8 Å². The number of nitrogens with one attached hydrogen (secondary N) is 1. The van der Waals surface area contributed by atoms with Crippen molar-refractivity contribution in [1.29, 1.82) is 0 Å². The molecule has 1 atom stereocenters. The topological polar surface area (TPSA) is 46.0 Å². The standard InChI is InChI=1S/C17H25N5S.2ClH/c1-21-8-7-19-16(21)15-10-18-6-9-22(15)11-14-12-23-17(20-14)13-4-2-3-5-13;;/h7-8,12-13,15,18H,2-6,9-11H2,1H3;2*1H.